The number of Topliss-reactive ketones (excluding diaryl/α,β-unsaturated/α-hetero) is 1. The molecule has 4 unspecified atom stereocenters. The number of nitrogens with zero attached hydrogens (tertiary/aromatic N) is 2. The number of aliphatic hydroxyl groups is 2. The van der Waals surface area contributed by atoms with Crippen molar-refractivity contribution in [3.05, 3.63) is 29.8 Å². The number of ether oxygens (including phenoxy) is 4. The number of carbonyl (C=O) groups is 1. The van der Waals surface area contributed by atoms with Gasteiger partial charge in [0.2, 0.25) is 0 Å². The van der Waals surface area contributed by atoms with Crippen molar-refractivity contribution in [3.63, 3.8) is 0 Å². The monoisotopic (exact) mass is 438 g/mol. The minimum absolute atomic E-state index is 0.0323. The third kappa shape index (κ3) is 6.95. The first-order valence-electron chi connectivity index (χ1n) is 11.0. The zero-order valence-corrected chi connectivity index (χ0v) is 18.3. The first-order chi connectivity index (χ1) is 15.0. The molecule has 0 saturated carbocycles. The van der Waals surface area contributed by atoms with Crippen molar-refractivity contribution < 1.29 is 34.0 Å². The maximum atomic E-state index is 12.6. The van der Waals surface area contributed by atoms with Crippen molar-refractivity contribution in [2.75, 3.05) is 46.0 Å². The van der Waals surface area contributed by atoms with Crippen LogP contribution in [-0.2, 0) is 14.2 Å². The summed E-state index contributed by atoms with van der Waals surface area (Å²) in [5.41, 5.74) is 0.555. The molecular formula is C22H34N2O7. The molecule has 2 heterocycles. The van der Waals surface area contributed by atoms with E-state index in [0.717, 1.165) is 6.42 Å². The zero-order chi connectivity index (χ0) is 22.2. The van der Waals surface area contributed by atoms with Crippen molar-refractivity contribution in [1.82, 2.24) is 9.80 Å². The molecule has 31 heavy (non-hydrogen) atoms. The largest absolute Gasteiger partial charge is 0.475 e. The van der Waals surface area contributed by atoms with E-state index in [0.29, 0.717) is 57.1 Å². The standard InChI is InChI=1S/C22H34N2O7/c1-3-19(23-9-11-28-21(26)13-23)30-15-18(25)16-5-7-17(8-6-16)31-20(4-2)24-10-12-29-22(27)14-24/h5-8,19-22,26-27H,3-4,9-15H2,1-2H3. The van der Waals surface area contributed by atoms with E-state index in [4.69, 9.17) is 18.9 Å². The van der Waals surface area contributed by atoms with Crippen LogP contribution in [0.3, 0.4) is 0 Å². The summed E-state index contributed by atoms with van der Waals surface area (Å²) in [5.74, 6) is 0.557. The van der Waals surface area contributed by atoms with Gasteiger partial charge in [-0.3, -0.25) is 14.6 Å². The van der Waals surface area contributed by atoms with Crippen molar-refractivity contribution in [3.8, 4) is 5.75 Å². The second-order valence-electron chi connectivity index (χ2n) is 7.74. The minimum Gasteiger partial charge on any atom is -0.475 e. The van der Waals surface area contributed by atoms with E-state index in [9.17, 15) is 15.0 Å². The van der Waals surface area contributed by atoms with Crippen LogP contribution in [0.25, 0.3) is 0 Å². The lowest BCUT2D eigenvalue weighted by Crippen LogP contribution is -2.49. The number of aliphatic hydroxyl groups excluding tert-OH is 2. The molecule has 9 nitrogen and oxygen atoms in total. The first-order valence-corrected chi connectivity index (χ1v) is 11.0. The quantitative estimate of drug-likeness (QED) is 0.519. The van der Waals surface area contributed by atoms with Gasteiger partial charge >= 0.3 is 0 Å². The van der Waals surface area contributed by atoms with Crippen LogP contribution in [0.15, 0.2) is 24.3 Å². The highest BCUT2D eigenvalue weighted by Gasteiger charge is 2.26. The van der Waals surface area contributed by atoms with Gasteiger partial charge in [0, 0.05) is 18.7 Å². The molecule has 0 radical (unpaired) electrons. The van der Waals surface area contributed by atoms with Gasteiger partial charge in [-0.25, -0.2) is 0 Å². The molecule has 0 aromatic heterocycles. The number of hydrogen-bond donors (Lipinski definition) is 2. The molecule has 2 N–H and O–H groups in total. The molecule has 2 fully saturated rings. The molecule has 174 valence electrons. The molecule has 1 aromatic rings. The van der Waals surface area contributed by atoms with Crippen molar-refractivity contribution in [2.24, 2.45) is 0 Å². The fourth-order valence-corrected chi connectivity index (χ4v) is 3.85. The Morgan fingerprint density at radius 1 is 1.00 bits per heavy atom. The molecule has 2 aliphatic rings. The Kier molecular flexibility index (Phi) is 9.21. The van der Waals surface area contributed by atoms with Gasteiger partial charge in [-0.05, 0) is 37.1 Å². The Balaban J connectivity index is 1.51. The first kappa shape index (κ1) is 24.1. The Hall–Kier alpha value is -1.59. The van der Waals surface area contributed by atoms with E-state index in [-0.39, 0.29) is 24.8 Å². The Morgan fingerprint density at radius 3 is 2.06 bits per heavy atom. The number of carbonyl (C=O) groups excluding carboxylic acids is 1. The SMILES string of the molecule is CCC(OCC(=O)c1ccc(OC(CC)N2CCOC(O)C2)cc1)N1CCOC(O)C1. The summed E-state index contributed by atoms with van der Waals surface area (Å²) in [6.07, 6.45) is -0.546. The van der Waals surface area contributed by atoms with Crippen LogP contribution >= 0.6 is 0 Å². The molecule has 3 rings (SSSR count). The van der Waals surface area contributed by atoms with Crippen LogP contribution in [-0.4, -0.2) is 96.8 Å². The van der Waals surface area contributed by atoms with Gasteiger partial charge in [0.25, 0.3) is 0 Å². The predicted octanol–water partition coefficient (Wildman–Crippen LogP) is 1.04. The predicted molar refractivity (Wildman–Crippen MR) is 113 cm³/mol. The maximum Gasteiger partial charge on any atom is 0.188 e. The van der Waals surface area contributed by atoms with Gasteiger partial charge in [-0.2, -0.15) is 0 Å². The van der Waals surface area contributed by atoms with Crippen LogP contribution in [0, 0.1) is 0 Å². The lowest BCUT2D eigenvalue weighted by atomic mass is 10.1. The molecule has 0 aliphatic carbocycles. The summed E-state index contributed by atoms with van der Waals surface area (Å²) in [6, 6.07) is 7.04. The summed E-state index contributed by atoms with van der Waals surface area (Å²) < 4.78 is 22.2. The van der Waals surface area contributed by atoms with E-state index >= 15 is 0 Å². The summed E-state index contributed by atoms with van der Waals surface area (Å²) in [5, 5.41) is 19.4. The minimum atomic E-state index is -0.817. The van der Waals surface area contributed by atoms with Gasteiger partial charge < -0.3 is 29.2 Å². The molecule has 0 amide bonds. The summed E-state index contributed by atoms with van der Waals surface area (Å²) in [4.78, 5) is 16.6. The third-order valence-corrected chi connectivity index (χ3v) is 5.53. The van der Waals surface area contributed by atoms with E-state index < -0.39 is 12.6 Å². The van der Waals surface area contributed by atoms with E-state index in [2.05, 4.69) is 4.90 Å². The smallest absolute Gasteiger partial charge is 0.188 e. The molecule has 1 aromatic carbocycles. The molecule has 2 aliphatic heterocycles. The number of hydrogen-bond acceptors (Lipinski definition) is 9. The Labute approximate surface area is 183 Å². The highest BCUT2D eigenvalue weighted by molar-refractivity contribution is 5.97. The molecule has 0 bridgehead atoms. The highest BCUT2D eigenvalue weighted by Crippen LogP contribution is 2.19. The van der Waals surface area contributed by atoms with Gasteiger partial charge in [-0.1, -0.05) is 13.8 Å². The van der Waals surface area contributed by atoms with Gasteiger partial charge in [0.05, 0.1) is 26.3 Å². The third-order valence-electron chi connectivity index (χ3n) is 5.53. The lowest BCUT2D eigenvalue weighted by Gasteiger charge is -2.36. The Morgan fingerprint density at radius 2 is 1.55 bits per heavy atom. The van der Waals surface area contributed by atoms with Crippen molar-refractivity contribution >= 4 is 5.78 Å². The molecular weight excluding hydrogens is 404 g/mol. The topological polar surface area (TPSA) is 101 Å². The molecule has 2 saturated heterocycles. The Bertz CT molecular complexity index is 687. The number of β-amino-alcohol motifs (C(OH)–C–C–N with tert-alkyl or cyclic N) is 2. The lowest BCUT2D eigenvalue weighted by molar-refractivity contribution is -0.181. The molecule has 0 spiro atoms. The molecule has 9 heteroatoms. The number of morpholine rings is 2. The summed E-state index contributed by atoms with van der Waals surface area (Å²) in [6.45, 7) is 7.03. The number of benzene rings is 1. The van der Waals surface area contributed by atoms with Gasteiger partial charge in [0.1, 0.15) is 18.6 Å². The van der Waals surface area contributed by atoms with E-state index in [1.807, 2.05) is 18.7 Å². The van der Waals surface area contributed by atoms with Gasteiger partial charge in [0.15, 0.2) is 24.6 Å². The molecule has 4 atom stereocenters. The number of rotatable bonds is 10. The van der Waals surface area contributed by atoms with Crippen molar-refractivity contribution in [1.29, 1.82) is 0 Å². The zero-order valence-electron chi connectivity index (χ0n) is 18.3. The normalized spacial score (nSPS) is 25.2. The van der Waals surface area contributed by atoms with Gasteiger partial charge in [-0.15, -0.1) is 0 Å². The van der Waals surface area contributed by atoms with E-state index in [1.165, 1.54) is 0 Å². The second-order valence-corrected chi connectivity index (χ2v) is 7.74. The van der Waals surface area contributed by atoms with Crippen LogP contribution in [0.1, 0.15) is 37.0 Å². The average Bonchev–Trinajstić information content (AvgIpc) is 2.78. The summed E-state index contributed by atoms with van der Waals surface area (Å²) >= 11 is 0. The van der Waals surface area contributed by atoms with Crippen LogP contribution < -0.4 is 4.74 Å². The van der Waals surface area contributed by atoms with Crippen LogP contribution in [0.4, 0.5) is 0 Å². The highest BCUT2D eigenvalue weighted by atomic mass is 16.6. The summed E-state index contributed by atoms with van der Waals surface area (Å²) in [7, 11) is 0. The van der Waals surface area contributed by atoms with E-state index in [1.54, 1.807) is 24.3 Å². The maximum absolute atomic E-state index is 12.6. The second kappa shape index (κ2) is 11.9. The van der Waals surface area contributed by atoms with Crippen LogP contribution in [0.5, 0.6) is 5.75 Å². The van der Waals surface area contributed by atoms with Crippen LogP contribution in [0.2, 0.25) is 0 Å². The van der Waals surface area contributed by atoms with Crippen molar-refractivity contribution in [2.45, 2.75) is 51.7 Å². The number of ketones is 1. The fraction of sp³-hybridized carbons (Fsp3) is 0.682. The average molecular weight is 439 g/mol. The fourth-order valence-electron chi connectivity index (χ4n) is 3.85.